The molecule has 0 atom stereocenters. The largest absolute Gasteiger partial charge is 0.461 e. The number of esters is 1. The fourth-order valence-electron chi connectivity index (χ4n) is 1.08. The van der Waals surface area contributed by atoms with Crippen molar-refractivity contribution < 1.29 is 22.5 Å². The molecular weight excluding hydrogens is 294 g/mol. The molecule has 0 bridgehead atoms. The maximum atomic E-state index is 10.7. The van der Waals surface area contributed by atoms with Gasteiger partial charge < -0.3 is 10.1 Å². The standard InChI is InChI=1S/C7H13NO2.C7H8O3S/c1-6(2)7(9)10-5-4-8-3;1-6-2-4-7(5-3-6)11(8,9)10/h8H,1,4-5H2,2-3H3;2-5H,1H3,(H,8,9,10). The molecule has 0 saturated heterocycles. The number of rotatable bonds is 5. The Balaban J connectivity index is 0.000000384. The van der Waals surface area contributed by atoms with Gasteiger partial charge in [0.2, 0.25) is 0 Å². The van der Waals surface area contributed by atoms with Gasteiger partial charge >= 0.3 is 5.97 Å². The number of hydrogen-bond donors (Lipinski definition) is 2. The predicted octanol–water partition coefficient (Wildman–Crippen LogP) is 1.57. The van der Waals surface area contributed by atoms with Gasteiger partial charge in [-0.2, -0.15) is 8.42 Å². The Labute approximate surface area is 125 Å². The molecule has 0 aliphatic heterocycles. The lowest BCUT2D eigenvalue weighted by atomic mass is 10.2. The van der Waals surface area contributed by atoms with Crippen LogP contribution in [-0.4, -0.2) is 39.1 Å². The molecule has 2 N–H and O–H groups in total. The van der Waals surface area contributed by atoms with Gasteiger partial charge in [-0.15, -0.1) is 0 Å². The minimum atomic E-state index is -4.02. The quantitative estimate of drug-likeness (QED) is 0.371. The Kier molecular flexibility index (Phi) is 8.52. The zero-order valence-electron chi connectivity index (χ0n) is 12.4. The maximum Gasteiger partial charge on any atom is 0.333 e. The summed E-state index contributed by atoms with van der Waals surface area (Å²) in [4.78, 5) is 10.6. The third-order valence-electron chi connectivity index (χ3n) is 2.25. The molecule has 6 nitrogen and oxygen atoms in total. The monoisotopic (exact) mass is 315 g/mol. The molecule has 1 aromatic rings. The number of aryl methyl sites for hydroxylation is 1. The van der Waals surface area contributed by atoms with Gasteiger partial charge in [0.1, 0.15) is 6.61 Å². The number of carbonyl (C=O) groups excluding carboxylic acids is 1. The number of likely N-dealkylation sites (N-methyl/N-ethyl adjacent to an activating group) is 1. The highest BCUT2D eigenvalue weighted by molar-refractivity contribution is 7.85. The molecular formula is C14H21NO5S. The summed E-state index contributed by atoms with van der Waals surface area (Å²) in [6, 6.07) is 5.99. The number of carbonyl (C=O) groups is 1. The van der Waals surface area contributed by atoms with Crippen LogP contribution in [0, 0.1) is 6.92 Å². The van der Waals surface area contributed by atoms with E-state index in [1.807, 2.05) is 6.92 Å². The Hall–Kier alpha value is -1.70. The van der Waals surface area contributed by atoms with E-state index in [2.05, 4.69) is 11.9 Å². The fraction of sp³-hybridized carbons (Fsp3) is 0.357. The molecule has 1 aromatic carbocycles. The lowest BCUT2D eigenvalue weighted by molar-refractivity contribution is -0.138. The third-order valence-corrected chi connectivity index (χ3v) is 3.12. The van der Waals surface area contributed by atoms with Crippen molar-refractivity contribution >= 4 is 16.1 Å². The second-order valence-corrected chi connectivity index (χ2v) is 5.73. The highest BCUT2D eigenvalue weighted by atomic mass is 32.2. The summed E-state index contributed by atoms with van der Waals surface area (Å²) in [6.07, 6.45) is 0. The van der Waals surface area contributed by atoms with E-state index in [1.165, 1.54) is 12.1 Å². The van der Waals surface area contributed by atoms with Crippen molar-refractivity contribution in [3.8, 4) is 0 Å². The third kappa shape index (κ3) is 8.96. The Bertz CT molecular complexity index is 564. The van der Waals surface area contributed by atoms with Crippen LogP contribution >= 0.6 is 0 Å². The molecule has 0 radical (unpaired) electrons. The van der Waals surface area contributed by atoms with Crippen LogP contribution in [0.1, 0.15) is 12.5 Å². The summed E-state index contributed by atoms with van der Waals surface area (Å²) < 4.78 is 34.3. The van der Waals surface area contributed by atoms with Crippen molar-refractivity contribution in [2.24, 2.45) is 0 Å². The second kappa shape index (κ2) is 9.28. The van der Waals surface area contributed by atoms with Crippen LogP contribution in [0.5, 0.6) is 0 Å². The lowest BCUT2D eigenvalue weighted by Gasteiger charge is -2.01. The molecule has 0 heterocycles. The normalized spacial score (nSPS) is 10.3. The lowest BCUT2D eigenvalue weighted by Crippen LogP contribution is -2.17. The zero-order chi connectivity index (χ0) is 16.5. The predicted molar refractivity (Wildman–Crippen MR) is 80.7 cm³/mol. The van der Waals surface area contributed by atoms with E-state index in [4.69, 9.17) is 9.29 Å². The molecule has 0 aliphatic rings. The number of ether oxygens (including phenoxy) is 1. The highest BCUT2D eigenvalue weighted by Gasteiger charge is 2.06. The number of nitrogens with one attached hydrogen (secondary N) is 1. The molecule has 0 fully saturated rings. The van der Waals surface area contributed by atoms with Crippen molar-refractivity contribution in [2.45, 2.75) is 18.7 Å². The van der Waals surface area contributed by atoms with Crippen LogP contribution in [0.2, 0.25) is 0 Å². The average Bonchev–Trinajstić information content (AvgIpc) is 2.39. The minimum Gasteiger partial charge on any atom is -0.461 e. The van der Waals surface area contributed by atoms with Crippen LogP contribution in [0.4, 0.5) is 0 Å². The zero-order valence-corrected chi connectivity index (χ0v) is 13.2. The van der Waals surface area contributed by atoms with E-state index in [9.17, 15) is 13.2 Å². The van der Waals surface area contributed by atoms with Crippen LogP contribution in [0.25, 0.3) is 0 Å². The smallest absolute Gasteiger partial charge is 0.333 e. The molecule has 0 spiro atoms. The minimum absolute atomic E-state index is 0.0666. The molecule has 1 rings (SSSR count). The van der Waals surface area contributed by atoms with E-state index in [0.29, 0.717) is 18.7 Å². The van der Waals surface area contributed by atoms with E-state index < -0.39 is 10.1 Å². The fourth-order valence-corrected chi connectivity index (χ4v) is 1.56. The first-order valence-electron chi connectivity index (χ1n) is 6.20. The van der Waals surface area contributed by atoms with Gasteiger partial charge in [-0.25, -0.2) is 4.79 Å². The SMILES string of the molecule is C=C(C)C(=O)OCCNC.Cc1ccc(S(=O)(=O)O)cc1. The summed E-state index contributed by atoms with van der Waals surface area (Å²) in [5.74, 6) is -0.324. The molecule has 0 saturated carbocycles. The average molecular weight is 315 g/mol. The summed E-state index contributed by atoms with van der Waals surface area (Å²) in [5, 5.41) is 2.86. The van der Waals surface area contributed by atoms with Crippen molar-refractivity contribution in [1.82, 2.24) is 5.32 Å². The summed E-state index contributed by atoms with van der Waals surface area (Å²) in [5.41, 5.74) is 1.40. The Morgan fingerprint density at radius 2 is 1.86 bits per heavy atom. The molecule has 0 aliphatic carbocycles. The Morgan fingerprint density at radius 3 is 2.24 bits per heavy atom. The van der Waals surface area contributed by atoms with Gasteiger partial charge in [-0.05, 0) is 33.0 Å². The molecule has 0 aromatic heterocycles. The topological polar surface area (TPSA) is 92.7 Å². The second-order valence-electron chi connectivity index (χ2n) is 4.31. The molecule has 118 valence electrons. The van der Waals surface area contributed by atoms with E-state index in [0.717, 1.165) is 5.56 Å². The molecule has 21 heavy (non-hydrogen) atoms. The Morgan fingerprint density at radius 1 is 1.33 bits per heavy atom. The van der Waals surface area contributed by atoms with Gasteiger partial charge in [-0.3, -0.25) is 4.55 Å². The van der Waals surface area contributed by atoms with Gasteiger partial charge in [0.25, 0.3) is 10.1 Å². The summed E-state index contributed by atoms with van der Waals surface area (Å²) in [7, 11) is -2.22. The van der Waals surface area contributed by atoms with Gasteiger partial charge in [0.05, 0.1) is 4.90 Å². The maximum absolute atomic E-state index is 10.7. The number of hydrogen-bond acceptors (Lipinski definition) is 5. The van der Waals surface area contributed by atoms with Crippen LogP contribution in [-0.2, 0) is 19.6 Å². The first-order chi connectivity index (χ1) is 9.68. The van der Waals surface area contributed by atoms with E-state index in [1.54, 1.807) is 26.1 Å². The van der Waals surface area contributed by atoms with Crippen molar-refractivity contribution in [2.75, 3.05) is 20.2 Å². The highest BCUT2D eigenvalue weighted by Crippen LogP contribution is 2.08. The first-order valence-corrected chi connectivity index (χ1v) is 7.64. The van der Waals surface area contributed by atoms with Gasteiger partial charge in [-0.1, -0.05) is 24.3 Å². The van der Waals surface area contributed by atoms with Crippen LogP contribution < -0.4 is 5.32 Å². The van der Waals surface area contributed by atoms with Gasteiger partial charge in [0.15, 0.2) is 0 Å². The molecule has 0 amide bonds. The summed E-state index contributed by atoms with van der Waals surface area (Å²) >= 11 is 0. The summed E-state index contributed by atoms with van der Waals surface area (Å²) in [6.45, 7) is 7.99. The molecule has 0 unspecified atom stereocenters. The van der Waals surface area contributed by atoms with E-state index >= 15 is 0 Å². The van der Waals surface area contributed by atoms with Crippen molar-refractivity contribution in [3.63, 3.8) is 0 Å². The van der Waals surface area contributed by atoms with Crippen LogP contribution in [0.15, 0.2) is 41.3 Å². The molecule has 7 heteroatoms. The van der Waals surface area contributed by atoms with E-state index in [-0.39, 0.29) is 10.9 Å². The van der Waals surface area contributed by atoms with Crippen molar-refractivity contribution in [3.05, 3.63) is 42.0 Å². The number of benzene rings is 1. The van der Waals surface area contributed by atoms with Crippen molar-refractivity contribution in [1.29, 1.82) is 0 Å². The van der Waals surface area contributed by atoms with Crippen LogP contribution in [0.3, 0.4) is 0 Å². The van der Waals surface area contributed by atoms with Gasteiger partial charge in [0, 0.05) is 12.1 Å². The first kappa shape index (κ1) is 19.3.